The topological polar surface area (TPSA) is 67.5 Å². The molecule has 0 aromatic carbocycles. The molecule has 0 fully saturated rings. The Hall–Kier alpha value is -0.630. The summed E-state index contributed by atoms with van der Waals surface area (Å²) in [5, 5.41) is 24.5. The van der Waals surface area contributed by atoms with Crippen molar-refractivity contribution in [3.8, 4) is 6.07 Å². The number of nitriles is 1. The van der Waals surface area contributed by atoms with Gasteiger partial charge in [0.15, 0.2) is 5.79 Å². The first-order valence-corrected chi connectivity index (χ1v) is 3.22. The van der Waals surface area contributed by atoms with Gasteiger partial charge in [-0.2, -0.15) is 5.26 Å². The number of aliphatic hydroxyl groups is 2. The third kappa shape index (κ3) is 44.8. The van der Waals surface area contributed by atoms with Crippen LogP contribution in [0.15, 0.2) is 0 Å². The molecule has 66 valence electrons. The molecular weight excluding hydrogens is 144 g/mol. The van der Waals surface area contributed by atoms with Crippen LogP contribution < -0.4 is 0 Å². The van der Waals surface area contributed by atoms with Crippen LogP contribution in [0.1, 0.15) is 13.3 Å². The molecule has 0 aliphatic rings. The number of rotatable bonds is 1. The van der Waals surface area contributed by atoms with Gasteiger partial charge in [-0.3, -0.25) is 0 Å². The molecule has 0 saturated carbocycles. The Balaban J connectivity index is 0. The predicted octanol–water partition coefficient (Wildman–Crippen LogP) is -0.221. The average molecular weight is 160 g/mol. The second-order valence-electron chi connectivity index (χ2n) is 2.89. The monoisotopic (exact) mass is 160 g/mol. The summed E-state index contributed by atoms with van der Waals surface area (Å²) in [6, 6.07) is 1.61. The molecule has 0 rings (SSSR count). The summed E-state index contributed by atoms with van der Waals surface area (Å²) in [5.41, 5.74) is 0. The number of hydrogen-bond donors (Lipinski definition) is 2. The quantitative estimate of drug-likeness (QED) is 0.520. The van der Waals surface area contributed by atoms with Gasteiger partial charge in [0.05, 0.1) is 12.5 Å². The summed E-state index contributed by atoms with van der Waals surface area (Å²) in [5.74, 6) is -1.81. The molecule has 0 heterocycles. The van der Waals surface area contributed by atoms with Crippen molar-refractivity contribution in [2.45, 2.75) is 19.1 Å². The first kappa shape index (κ1) is 13.0. The van der Waals surface area contributed by atoms with E-state index in [-0.39, 0.29) is 6.42 Å². The maximum atomic E-state index is 8.35. The fraction of sp³-hybridized carbons (Fsp3) is 0.857. The van der Waals surface area contributed by atoms with E-state index in [1.165, 1.54) is 0 Å². The maximum absolute atomic E-state index is 8.35. The van der Waals surface area contributed by atoms with Crippen molar-refractivity contribution in [2.24, 2.45) is 0 Å². The molecular formula is C7H16N2O2. The third-order valence-electron chi connectivity index (χ3n) is 0.414. The van der Waals surface area contributed by atoms with Crippen LogP contribution in [0.3, 0.4) is 0 Å². The van der Waals surface area contributed by atoms with Crippen LogP contribution in [0, 0.1) is 11.3 Å². The first-order chi connectivity index (χ1) is 4.79. The highest BCUT2D eigenvalue weighted by atomic mass is 16.5. The Bertz CT molecular complexity index is 119. The Labute approximate surface area is 67.7 Å². The lowest BCUT2D eigenvalue weighted by Crippen LogP contribution is -2.21. The Morgan fingerprint density at radius 1 is 1.36 bits per heavy atom. The van der Waals surface area contributed by atoms with E-state index in [0.29, 0.717) is 0 Å². The molecule has 0 bridgehead atoms. The van der Waals surface area contributed by atoms with Crippen LogP contribution in [0.2, 0.25) is 0 Å². The van der Waals surface area contributed by atoms with Crippen LogP contribution in [-0.4, -0.2) is 42.0 Å². The van der Waals surface area contributed by atoms with E-state index in [1.807, 2.05) is 26.0 Å². The van der Waals surface area contributed by atoms with Crippen molar-refractivity contribution >= 4 is 0 Å². The van der Waals surface area contributed by atoms with Gasteiger partial charge in [-0.05, 0) is 28.1 Å². The lowest BCUT2D eigenvalue weighted by molar-refractivity contribution is -0.139. The van der Waals surface area contributed by atoms with E-state index in [1.54, 1.807) is 6.07 Å². The summed E-state index contributed by atoms with van der Waals surface area (Å²) < 4.78 is 0. The summed E-state index contributed by atoms with van der Waals surface area (Å²) in [4.78, 5) is 2.00. The minimum atomic E-state index is -1.81. The SMILES string of the molecule is CC(O)(O)CC#N.CN(C)C. The van der Waals surface area contributed by atoms with Gasteiger partial charge in [-0.25, -0.2) is 0 Å². The Morgan fingerprint density at radius 2 is 1.64 bits per heavy atom. The molecule has 0 spiro atoms. The van der Waals surface area contributed by atoms with Crippen molar-refractivity contribution in [3.63, 3.8) is 0 Å². The standard InChI is InChI=1S/C4H7NO2.C3H9N/c1-4(6,7)2-3-5;1-4(2)3/h6-7H,2H2,1H3;1-3H3. The van der Waals surface area contributed by atoms with Crippen LogP contribution in [0.4, 0.5) is 0 Å². The molecule has 4 nitrogen and oxygen atoms in total. The largest absolute Gasteiger partial charge is 0.365 e. The second-order valence-corrected chi connectivity index (χ2v) is 2.89. The van der Waals surface area contributed by atoms with Crippen molar-refractivity contribution < 1.29 is 10.2 Å². The van der Waals surface area contributed by atoms with Gasteiger partial charge in [-0.15, -0.1) is 0 Å². The highest BCUT2D eigenvalue weighted by Crippen LogP contribution is 1.99. The molecule has 0 aliphatic carbocycles. The second kappa shape index (κ2) is 6.10. The summed E-state index contributed by atoms with van der Waals surface area (Å²) in [6.07, 6.45) is -0.243. The lowest BCUT2D eigenvalue weighted by atomic mass is 10.2. The van der Waals surface area contributed by atoms with Crippen LogP contribution >= 0.6 is 0 Å². The average Bonchev–Trinajstić information content (AvgIpc) is 1.58. The molecule has 0 saturated heterocycles. The lowest BCUT2D eigenvalue weighted by Gasteiger charge is -2.08. The van der Waals surface area contributed by atoms with E-state index in [0.717, 1.165) is 6.92 Å². The molecule has 0 aromatic heterocycles. The van der Waals surface area contributed by atoms with Crippen molar-refractivity contribution in [3.05, 3.63) is 0 Å². The predicted molar refractivity (Wildman–Crippen MR) is 42.7 cm³/mol. The third-order valence-corrected chi connectivity index (χ3v) is 0.414. The smallest absolute Gasteiger partial charge is 0.172 e. The Kier molecular flexibility index (Phi) is 7.21. The van der Waals surface area contributed by atoms with Gasteiger partial charge in [-0.1, -0.05) is 0 Å². The van der Waals surface area contributed by atoms with Gasteiger partial charge in [0.2, 0.25) is 0 Å². The molecule has 0 unspecified atom stereocenters. The summed E-state index contributed by atoms with van der Waals surface area (Å²) >= 11 is 0. The fourth-order valence-electron chi connectivity index (χ4n) is 0.150. The highest BCUT2D eigenvalue weighted by molar-refractivity contribution is 4.76. The Morgan fingerprint density at radius 3 is 1.64 bits per heavy atom. The van der Waals surface area contributed by atoms with Crippen molar-refractivity contribution in [1.29, 1.82) is 5.26 Å². The van der Waals surface area contributed by atoms with Gasteiger partial charge >= 0.3 is 0 Å². The minimum Gasteiger partial charge on any atom is -0.365 e. The van der Waals surface area contributed by atoms with E-state index in [4.69, 9.17) is 15.5 Å². The van der Waals surface area contributed by atoms with Crippen LogP contribution in [0.5, 0.6) is 0 Å². The maximum Gasteiger partial charge on any atom is 0.172 e. The molecule has 0 atom stereocenters. The van der Waals surface area contributed by atoms with E-state index < -0.39 is 5.79 Å². The van der Waals surface area contributed by atoms with E-state index in [9.17, 15) is 0 Å². The minimum absolute atomic E-state index is 0.243. The van der Waals surface area contributed by atoms with Gasteiger partial charge in [0, 0.05) is 0 Å². The molecule has 4 heteroatoms. The molecule has 0 aliphatic heterocycles. The summed E-state index contributed by atoms with van der Waals surface area (Å²) in [7, 11) is 6.00. The summed E-state index contributed by atoms with van der Waals surface area (Å²) in [6.45, 7) is 1.16. The number of hydrogen-bond acceptors (Lipinski definition) is 4. The van der Waals surface area contributed by atoms with E-state index >= 15 is 0 Å². The van der Waals surface area contributed by atoms with Gasteiger partial charge < -0.3 is 15.1 Å². The van der Waals surface area contributed by atoms with Crippen LogP contribution in [0.25, 0.3) is 0 Å². The molecule has 2 N–H and O–H groups in total. The molecule has 11 heavy (non-hydrogen) atoms. The zero-order chi connectivity index (χ0) is 9.49. The van der Waals surface area contributed by atoms with Gasteiger partial charge in [0.1, 0.15) is 0 Å². The highest BCUT2D eigenvalue weighted by Gasteiger charge is 2.12. The molecule has 0 amide bonds. The molecule has 0 aromatic rings. The van der Waals surface area contributed by atoms with E-state index in [2.05, 4.69) is 0 Å². The molecule has 0 radical (unpaired) electrons. The zero-order valence-corrected chi connectivity index (χ0v) is 7.50. The first-order valence-electron chi connectivity index (χ1n) is 3.22. The van der Waals surface area contributed by atoms with Crippen LogP contribution in [-0.2, 0) is 0 Å². The normalized spacial score (nSPS) is 10.0. The van der Waals surface area contributed by atoms with Gasteiger partial charge in [0.25, 0.3) is 0 Å². The zero-order valence-electron chi connectivity index (χ0n) is 7.50. The fourth-order valence-corrected chi connectivity index (χ4v) is 0.150. The van der Waals surface area contributed by atoms with Crippen molar-refractivity contribution in [2.75, 3.05) is 21.1 Å². The number of nitrogens with zero attached hydrogens (tertiary/aromatic N) is 2. The van der Waals surface area contributed by atoms with Crippen molar-refractivity contribution in [1.82, 2.24) is 4.90 Å².